The highest BCUT2D eigenvalue weighted by molar-refractivity contribution is 5.67. The average molecular weight is 253 g/mol. The molecule has 0 bridgehead atoms. The molecule has 2 heteroatoms. The third-order valence-corrected chi connectivity index (χ3v) is 3.59. The van der Waals surface area contributed by atoms with Gasteiger partial charge in [-0.2, -0.15) is 0 Å². The van der Waals surface area contributed by atoms with E-state index in [1.807, 2.05) is 0 Å². The van der Waals surface area contributed by atoms with Gasteiger partial charge in [-0.15, -0.1) is 0 Å². The number of fused-ring (bicyclic) bond motifs is 1. The molecule has 0 aliphatic carbocycles. The molecule has 0 amide bonds. The maximum absolute atomic E-state index is 5.98. The second-order valence-electron chi connectivity index (χ2n) is 5.76. The maximum atomic E-state index is 5.98. The van der Waals surface area contributed by atoms with Crippen LogP contribution >= 0.6 is 0 Å². The van der Waals surface area contributed by atoms with E-state index in [0.29, 0.717) is 6.54 Å². The molecule has 0 aromatic heterocycles. The first-order chi connectivity index (χ1) is 9.07. The van der Waals surface area contributed by atoms with Crippen LogP contribution in [-0.4, -0.2) is 5.60 Å². The van der Waals surface area contributed by atoms with Crippen LogP contribution in [-0.2, 0) is 13.0 Å². The molecule has 19 heavy (non-hydrogen) atoms. The Balaban J connectivity index is 1.95. The second kappa shape index (κ2) is 4.39. The highest BCUT2D eigenvalue weighted by atomic mass is 16.5. The van der Waals surface area contributed by atoms with E-state index in [1.165, 1.54) is 16.7 Å². The number of benzene rings is 2. The highest BCUT2D eigenvalue weighted by Gasteiger charge is 2.29. The predicted octanol–water partition coefficient (Wildman–Crippen LogP) is 3.53. The van der Waals surface area contributed by atoms with E-state index < -0.39 is 0 Å². The van der Waals surface area contributed by atoms with Gasteiger partial charge in [-0.05, 0) is 42.2 Å². The van der Waals surface area contributed by atoms with Gasteiger partial charge in [0, 0.05) is 13.0 Å². The summed E-state index contributed by atoms with van der Waals surface area (Å²) in [5.74, 6) is 1.02. The Morgan fingerprint density at radius 3 is 2.42 bits per heavy atom. The Morgan fingerprint density at radius 1 is 1.05 bits per heavy atom. The second-order valence-corrected chi connectivity index (χ2v) is 5.76. The first-order valence-electron chi connectivity index (χ1n) is 6.69. The van der Waals surface area contributed by atoms with Gasteiger partial charge in [-0.1, -0.05) is 36.4 Å². The molecule has 2 aromatic carbocycles. The van der Waals surface area contributed by atoms with Crippen LogP contribution in [0.1, 0.15) is 25.0 Å². The van der Waals surface area contributed by atoms with Crippen LogP contribution in [0.15, 0.2) is 42.5 Å². The van der Waals surface area contributed by atoms with Crippen LogP contribution in [0, 0.1) is 0 Å². The Morgan fingerprint density at radius 2 is 1.74 bits per heavy atom. The summed E-state index contributed by atoms with van der Waals surface area (Å²) in [6.45, 7) is 4.84. The van der Waals surface area contributed by atoms with Crippen molar-refractivity contribution in [3.8, 4) is 16.9 Å². The van der Waals surface area contributed by atoms with Crippen molar-refractivity contribution in [2.45, 2.75) is 32.4 Å². The lowest BCUT2D eigenvalue weighted by atomic mass is 9.98. The van der Waals surface area contributed by atoms with Crippen LogP contribution in [0.2, 0.25) is 0 Å². The summed E-state index contributed by atoms with van der Waals surface area (Å²) in [5.41, 5.74) is 10.4. The normalized spacial score (nSPS) is 15.9. The summed E-state index contributed by atoms with van der Waals surface area (Å²) in [7, 11) is 0. The molecule has 98 valence electrons. The fourth-order valence-electron chi connectivity index (χ4n) is 2.60. The maximum Gasteiger partial charge on any atom is 0.124 e. The molecule has 0 saturated heterocycles. The van der Waals surface area contributed by atoms with Crippen molar-refractivity contribution in [1.29, 1.82) is 0 Å². The largest absolute Gasteiger partial charge is 0.487 e. The lowest BCUT2D eigenvalue weighted by molar-refractivity contribution is 0.138. The van der Waals surface area contributed by atoms with Crippen molar-refractivity contribution in [3.05, 3.63) is 53.6 Å². The van der Waals surface area contributed by atoms with E-state index in [9.17, 15) is 0 Å². The topological polar surface area (TPSA) is 35.2 Å². The van der Waals surface area contributed by atoms with Gasteiger partial charge in [-0.3, -0.25) is 0 Å². The summed E-state index contributed by atoms with van der Waals surface area (Å²) in [5, 5.41) is 0. The molecule has 1 aliphatic rings. The molecule has 0 unspecified atom stereocenters. The highest BCUT2D eigenvalue weighted by Crippen LogP contribution is 2.37. The number of hydrogen-bond acceptors (Lipinski definition) is 2. The lowest BCUT2D eigenvalue weighted by Crippen LogP contribution is -2.24. The molecule has 0 atom stereocenters. The summed E-state index contributed by atoms with van der Waals surface area (Å²) in [6.07, 6.45) is 0.981. The van der Waals surface area contributed by atoms with Crippen molar-refractivity contribution >= 4 is 0 Å². The van der Waals surface area contributed by atoms with Gasteiger partial charge in [0.05, 0.1) is 0 Å². The summed E-state index contributed by atoms with van der Waals surface area (Å²) >= 11 is 0. The number of rotatable bonds is 2. The fraction of sp³-hybridized carbons (Fsp3) is 0.294. The Kier molecular flexibility index (Phi) is 2.83. The quantitative estimate of drug-likeness (QED) is 0.888. The molecule has 1 heterocycles. The molecule has 0 spiro atoms. The molecule has 3 rings (SSSR count). The van der Waals surface area contributed by atoms with Crippen LogP contribution in [0.5, 0.6) is 5.75 Å². The Labute approximate surface area is 114 Å². The lowest BCUT2D eigenvalue weighted by Gasteiger charge is -2.16. The molecule has 2 nitrogen and oxygen atoms in total. The molecular formula is C17H19NO. The van der Waals surface area contributed by atoms with Gasteiger partial charge < -0.3 is 10.5 Å². The van der Waals surface area contributed by atoms with Gasteiger partial charge in [0.25, 0.3) is 0 Å². The van der Waals surface area contributed by atoms with E-state index in [-0.39, 0.29) is 5.60 Å². The van der Waals surface area contributed by atoms with Crippen molar-refractivity contribution in [2.24, 2.45) is 5.73 Å². The standard InChI is InChI=1S/C17H19NO/c1-17(2)10-15-8-7-14(9-16(15)19-17)13-5-3-12(11-18)4-6-13/h3-9H,10-11,18H2,1-2H3. The Hall–Kier alpha value is -1.80. The van der Waals surface area contributed by atoms with Crippen molar-refractivity contribution in [3.63, 3.8) is 0 Å². The van der Waals surface area contributed by atoms with Gasteiger partial charge in [0.2, 0.25) is 0 Å². The van der Waals surface area contributed by atoms with E-state index in [4.69, 9.17) is 10.5 Å². The monoisotopic (exact) mass is 253 g/mol. The van der Waals surface area contributed by atoms with E-state index in [0.717, 1.165) is 17.7 Å². The SMILES string of the molecule is CC1(C)Cc2ccc(-c3ccc(CN)cc3)cc2O1. The van der Waals surface area contributed by atoms with Gasteiger partial charge in [0.1, 0.15) is 11.4 Å². The Bertz CT molecular complexity index is 599. The summed E-state index contributed by atoms with van der Waals surface area (Å²) in [4.78, 5) is 0. The van der Waals surface area contributed by atoms with Gasteiger partial charge in [-0.25, -0.2) is 0 Å². The van der Waals surface area contributed by atoms with Crippen LogP contribution in [0.25, 0.3) is 11.1 Å². The molecule has 2 aromatic rings. The van der Waals surface area contributed by atoms with Crippen molar-refractivity contribution in [2.75, 3.05) is 0 Å². The fourth-order valence-corrected chi connectivity index (χ4v) is 2.60. The van der Waals surface area contributed by atoms with Gasteiger partial charge >= 0.3 is 0 Å². The minimum absolute atomic E-state index is 0.0790. The third kappa shape index (κ3) is 2.36. The first-order valence-corrected chi connectivity index (χ1v) is 6.69. The van der Waals surface area contributed by atoms with E-state index in [1.54, 1.807) is 0 Å². The molecule has 0 saturated carbocycles. The van der Waals surface area contributed by atoms with Crippen molar-refractivity contribution < 1.29 is 4.74 Å². The number of ether oxygens (including phenoxy) is 1. The summed E-state index contributed by atoms with van der Waals surface area (Å²) in [6, 6.07) is 14.9. The number of nitrogens with two attached hydrogens (primary N) is 1. The molecule has 0 fully saturated rings. The molecule has 0 radical (unpaired) electrons. The minimum Gasteiger partial charge on any atom is -0.487 e. The average Bonchev–Trinajstić information content (AvgIpc) is 2.71. The smallest absolute Gasteiger partial charge is 0.124 e. The molecule has 2 N–H and O–H groups in total. The zero-order chi connectivity index (χ0) is 13.5. The predicted molar refractivity (Wildman–Crippen MR) is 78.2 cm³/mol. The first kappa shape index (κ1) is 12.2. The molecule has 1 aliphatic heterocycles. The molecular weight excluding hydrogens is 234 g/mol. The van der Waals surface area contributed by atoms with Crippen LogP contribution in [0.4, 0.5) is 0 Å². The van der Waals surface area contributed by atoms with E-state index in [2.05, 4.69) is 56.3 Å². The zero-order valence-electron chi connectivity index (χ0n) is 11.4. The van der Waals surface area contributed by atoms with E-state index >= 15 is 0 Å². The van der Waals surface area contributed by atoms with Crippen molar-refractivity contribution in [1.82, 2.24) is 0 Å². The summed E-state index contributed by atoms with van der Waals surface area (Å²) < 4.78 is 5.98. The van der Waals surface area contributed by atoms with Gasteiger partial charge in [0.15, 0.2) is 0 Å². The number of hydrogen-bond donors (Lipinski definition) is 1. The third-order valence-electron chi connectivity index (χ3n) is 3.59. The van der Waals surface area contributed by atoms with Crippen LogP contribution < -0.4 is 10.5 Å². The minimum atomic E-state index is -0.0790. The van der Waals surface area contributed by atoms with Crippen LogP contribution in [0.3, 0.4) is 0 Å². The zero-order valence-corrected chi connectivity index (χ0v) is 11.4.